The van der Waals surface area contributed by atoms with Gasteiger partial charge in [-0.2, -0.15) is 18.3 Å². The highest BCUT2D eigenvalue weighted by Crippen LogP contribution is 2.34. The summed E-state index contributed by atoms with van der Waals surface area (Å²) in [5, 5.41) is 4.73. The fourth-order valence-corrected chi connectivity index (χ4v) is 3.21. The first-order valence-electron chi connectivity index (χ1n) is 8.55. The average Bonchev–Trinajstić information content (AvgIpc) is 3.04. The van der Waals surface area contributed by atoms with Gasteiger partial charge in [0.1, 0.15) is 12.2 Å². The van der Waals surface area contributed by atoms with Crippen molar-refractivity contribution < 1.29 is 27.5 Å². The van der Waals surface area contributed by atoms with Crippen molar-refractivity contribution >= 4 is 23.5 Å². The largest absolute Gasteiger partial charge is 0.465 e. The quantitative estimate of drug-likeness (QED) is 0.698. The van der Waals surface area contributed by atoms with Crippen molar-refractivity contribution in [1.82, 2.24) is 14.7 Å². The highest BCUT2D eigenvalue weighted by molar-refractivity contribution is 6.30. The topological polar surface area (TPSA) is 64.4 Å². The molecule has 1 aliphatic rings. The second-order valence-electron chi connectivity index (χ2n) is 6.33. The number of nitrogens with zero attached hydrogens (tertiary/aromatic N) is 3. The normalized spacial score (nSPS) is 16.8. The zero-order valence-electron chi connectivity index (χ0n) is 14.9. The smallest absolute Gasteiger partial charge is 0.391 e. The third-order valence-corrected chi connectivity index (χ3v) is 4.50. The van der Waals surface area contributed by atoms with Crippen LogP contribution >= 0.6 is 11.6 Å². The molecule has 0 bridgehead atoms. The molecule has 0 aliphatic carbocycles. The van der Waals surface area contributed by atoms with E-state index in [2.05, 4.69) is 5.10 Å². The lowest BCUT2D eigenvalue weighted by atomic mass is 10.1. The third kappa shape index (κ3) is 4.46. The first kappa shape index (κ1) is 20.2. The Balaban J connectivity index is 1.96. The van der Waals surface area contributed by atoms with Crippen molar-refractivity contribution in [3.8, 4) is 11.3 Å². The second kappa shape index (κ2) is 7.83. The number of halogens is 4. The fraction of sp³-hybridized carbons (Fsp3) is 0.389. The van der Waals surface area contributed by atoms with E-state index in [0.717, 1.165) is 9.58 Å². The summed E-state index contributed by atoms with van der Waals surface area (Å²) in [5.74, 6) is -1.24. The third-order valence-electron chi connectivity index (χ3n) is 4.25. The van der Waals surface area contributed by atoms with Crippen LogP contribution in [0.3, 0.4) is 0 Å². The van der Waals surface area contributed by atoms with E-state index in [4.69, 9.17) is 16.3 Å². The summed E-state index contributed by atoms with van der Waals surface area (Å²) in [6, 6.07) is 6.86. The number of benzene rings is 1. The molecular formula is C18H17ClF3N3O3. The summed E-state index contributed by atoms with van der Waals surface area (Å²) in [6.07, 6.45) is -5.63. The maximum absolute atomic E-state index is 13.1. The Kier molecular flexibility index (Phi) is 5.64. The average molecular weight is 416 g/mol. The van der Waals surface area contributed by atoms with E-state index in [0.29, 0.717) is 16.3 Å². The van der Waals surface area contributed by atoms with Crippen LogP contribution in [0, 0.1) is 0 Å². The molecule has 0 radical (unpaired) electrons. The fourth-order valence-electron chi connectivity index (χ4n) is 3.09. The van der Waals surface area contributed by atoms with Gasteiger partial charge in [0.05, 0.1) is 24.8 Å². The van der Waals surface area contributed by atoms with Crippen molar-refractivity contribution in [2.75, 3.05) is 19.7 Å². The molecule has 28 heavy (non-hydrogen) atoms. The molecule has 0 N–H and O–H groups in total. The Morgan fingerprint density at radius 1 is 1.32 bits per heavy atom. The first-order chi connectivity index (χ1) is 13.2. The van der Waals surface area contributed by atoms with Crippen molar-refractivity contribution in [3.05, 3.63) is 41.0 Å². The number of alkyl halides is 3. The maximum Gasteiger partial charge on any atom is 0.391 e. The van der Waals surface area contributed by atoms with Crippen LogP contribution in [-0.4, -0.2) is 52.4 Å². The van der Waals surface area contributed by atoms with Gasteiger partial charge in [0, 0.05) is 17.1 Å². The summed E-state index contributed by atoms with van der Waals surface area (Å²) in [4.78, 5) is 25.5. The minimum Gasteiger partial charge on any atom is -0.465 e. The lowest BCUT2D eigenvalue weighted by Gasteiger charge is -2.33. The molecule has 0 spiro atoms. The summed E-state index contributed by atoms with van der Waals surface area (Å²) < 4.78 is 45.1. The molecule has 2 aromatic rings. The van der Waals surface area contributed by atoms with Gasteiger partial charge in [0.25, 0.3) is 5.91 Å². The number of amides is 1. The van der Waals surface area contributed by atoms with Crippen LogP contribution in [0.15, 0.2) is 30.3 Å². The number of carbonyl (C=O) groups is 2. The SMILES string of the molecule is CCOC(=O)CN1CC(CC(F)(F)F)n2nc(-c3ccc(Cl)cc3)cc2C1=O. The first-order valence-corrected chi connectivity index (χ1v) is 8.93. The summed E-state index contributed by atoms with van der Waals surface area (Å²) >= 11 is 5.86. The van der Waals surface area contributed by atoms with Crippen LogP contribution in [0.2, 0.25) is 5.02 Å². The molecule has 0 fully saturated rings. The number of fused-ring (bicyclic) bond motifs is 1. The highest BCUT2D eigenvalue weighted by Gasteiger charge is 2.40. The van der Waals surface area contributed by atoms with E-state index >= 15 is 0 Å². The van der Waals surface area contributed by atoms with Crippen molar-refractivity contribution in [3.63, 3.8) is 0 Å². The number of rotatable bonds is 5. The van der Waals surface area contributed by atoms with Gasteiger partial charge in [-0.05, 0) is 25.1 Å². The van der Waals surface area contributed by atoms with Crippen LogP contribution < -0.4 is 0 Å². The molecule has 1 aromatic carbocycles. The number of esters is 1. The monoisotopic (exact) mass is 415 g/mol. The Bertz CT molecular complexity index is 880. The zero-order valence-corrected chi connectivity index (χ0v) is 15.6. The standard InChI is InChI=1S/C18H17ClF3N3O3/c1-2-28-16(26)10-24-9-13(8-18(20,21)22)25-15(17(24)27)7-14(23-25)11-3-5-12(19)6-4-11/h3-7,13H,2,8-10H2,1H3. The van der Waals surface area contributed by atoms with Gasteiger partial charge in [0.2, 0.25) is 0 Å². The molecule has 150 valence electrons. The van der Waals surface area contributed by atoms with Crippen LogP contribution in [0.25, 0.3) is 11.3 Å². The molecule has 1 aromatic heterocycles. The molecule has 1 amide bonds. The second-order valence-corrected chi connectivity index (χ2v) is 6.77. The summed E-state index contributed by atoms with van der Waals surface area (Å²) in [7, 11) is 0. The molecule has 1 atom stereocenters. The number of ether oxygens (including phenoxy) is 1. The minimum atomic E-state index is -4.45. The Morgan fingerprint density at radius 2 is 2.00 bits per heavy atom. The van der Waals surface area contributed by atoms with E-state index in [-0.39, 0.29) is 18.8 Å². The van der Waals surface area contributed by atoms with Crippen LogP contribution in [0.5, 0.6) is 0 Å². The van der Waals surface area contributed by atoms with E-state index in [1.165, 1.54) is 6.07 Å². The van der Waals surface area contributed by atoms with E-state index in [1.807, 2.05) is 0 Å². The summed E-state index contributed by atoms with van der Waals surface area (Å²) in [5.41, 5.74) is 0.960. The maximum atomic E-state index is 13.1. The number of hydrogen-bond acceptors (Lipinski definition) is 4. The number of carbonyl (C=O) groups excluding carboxylic acids is 2. The predicted molar refractivity (Wildman–Crippen MR) is 94.9 cm³/mol. The molecule has 1 unspecified atom stereocenters. The molecular weight excluding hydrogens is 399 g/mol. The highest BCUT2D eigenvalue weighted by atomic mass is 35.5. The lowest BCUT2D eigenvalue weighted by Crippen LogP contribution is -2.46. The van der Waals surface area contributed by atoms with Gasteiger partial charge in [-0.25, -0.2) is 0 Å². The predicted octanol–water partition coefficient (Wildman–Crippen LogP) is 3.72. The lowest BCUT2D eigenvalue weighted by molar-refractivity contribution is -0.147. The van der Waals surface area contributed by atoms with Crippen LogP contribution in [0.1, 0.15) is 29.9 Å². The number of aromatic nitrogens is 2. The minimum absolute atomic E-state index is 0.00486. The Labute approximate surface area is 163 Å². The Hall–Kier alpha value is -2.55. The van der Waals surface area contributed by atoms with E-state index in [1.54, 1.807) is 31.2 Å². The number of hydrogen-bond donors (Lipinski definition) is 0. The molecule has 6 nitrogen and oxygen atoms in total. The van der Waals surface area contributed by atoms with Gasteiger partial charge >= 0.3 is 12.1 Å². The molecule has 3 rings (SSSR count). The van der Waals surface area contributed by atoms with E-state index < -0.39 is 37.1 Å². The van der Waals surface area contributed by atoms with Crippen LogP contribution in [0.4, 0.5) is 13.2 Å². The van der Waals surface area contributed by atoms with E-state index in [9.17, 15) is 22.8 Å². The summed E-state index contributed by atoms with van der Waals surface area (Å²) in [6.45, 7) is 1.02. The van der Waals surface area contributed by atoms with Crippen molar-refractivity contribution in [2.24, 2.45) is 0 Å². The van der Waals surface area contributed by atoms with Gasteiger partial charge in [-0.1, -0.05) is 23.7 Å². The van der Waals surface area contributed by atoms with Crippen molar-refractivity contribution in [2.45, 2.75) is 25.6 Å². The van der Waals surface area contributed by atoms with Gasteiger partial charge < -0.3 is 9.64 Å². The molecule has 2 heterocycles. The molecule has 1 aliphatic heterocycles. The molecule has 0 saturated heterocycles. The van der Waals surface area contributed by atoms with Gasteiger partial charge in [-0.3, -0.25) is 14.3 Å². The Morgan fingerprint density at radius 3 is 2.61 bits per heavy atom. The zero-order chi connectivity index (χ0) is 20.5. The van der Waals surface area contributed by atoms with Crippen LogP contribution in [-0.2, 0) is 9.53 Å². The molecule has 10 heteroatoms. The molecule has 0 saturated carbocycles. The van der Waals surface area contributed by atoms with Gasteiger partial charge in [-0.15, -0.1) is 0 Å². The van der Waals surface area contributed by atoms with Gasteiger partial charge in [0.15, 0.2) is 0 Å². The van der Waals surface area contributed by atoms with Crippen molar-refractivity contribution in [1.29, 1.82) is 0 Å².